The van der Waals surface area contributed by atoms with E-state index in [0.29, 0.717) is 5.41 Å². The largest absolute Gasteiger partial charge is 0.149 e. The van der Waals surface area contributed by atoms with Crippen LogP contribution in [0.3, 0.4) is 0 Å². The lowest BCUT2D eigenvalue weighted by molar-refractivity contribution is 0.239. The first-order chi connectivity index (χ1) is 6.58. The number of hydrogen-bond donors (Lipinski definition) is 0. The molecule has 1 heterocycles. The molecule has 0 aromatic carbocycles. The molecule has 0 aliphatic carbocycles. The van der Waals surface area contributed by atoms with E-state index in [-0.39, 0.29) is 0 Å². The van der Waals surface area contributed by atoms with Gasteiger partial charge in [-0.05, 0) is 35.6 Å². The van der Waals surface area contributed by atoms with E-state index in [9.17, 15) is 0 Å². The van der Waals surface area contributed by atoms with Crippen LogP contribution in [0.4, 0.5) is 0 Å². The van der Waals surface area contributed by atoms with E-state index in [1.54, 1.807) is 0 Å². The molecule has 1 aromatic heterocycles. The molecule has 1 unspecified atom stereocenters. The van der Waals surface area contributed by atoms with Gasteiger partial charge in [0.1, 0.15) is 0 Å². The molecule has 0 nitrogen and oxygen atoms in total. The zero-order chi connectivity index (χ0) is 10.6. The molecule has 2 heteroatoms. The molecule has 0 saturated heterocycles. The van der Waals surface area contributed by atoms with E-state index in [1.807, 2.05) is 11.3 Å². The minimum Gasteiger partial charge on any atom is -0.149 e. The van der Waals surface area contributed by atoms with Crippen molar-refractivity contribution in [3.63, 3.8) is 0 Å². The molecule has 1 aromatic rings. The highest BCUT2D eigenvalue weighted by atomic mass is 79.9. The molecule has 1 rings (SSSR count). The Labute approximate surface area is 99.9 Å². The monoisotopic (exact) mass is 274 g/mol. The number of hydrogen-bond acceptors (Lipinski definition) is 1. The summed E-state index contributed by atoms with van der Waals surface area (Å²) in [5, 5.41) is 3.26. The van der Waals surface area contributed by atoms with Crippen LogP contribution in [0, 0.1) is 11.3 Å². The zero-order valence-corrected chi connectivity index (χ0v) is 11.6. The molecule has 0 aliphatic rings. The first kappa shape index (κ1) is 12.3. The Morgan fingerprint density at radius 3 is 2.64 bits per heavy atom. The Hall–Kier alpha value is 0.180. The summed E-state index contributed by atoms with van der Waals surface area (Å²) in [5.41, 5.74) is 0.435. The van der Waals surface area contributed by atoms with E-state index in [4.69, 9.17) is 0 Å². The first-order valence-electron chi connectivity index (χ1n) is 5.17. The minimum atomic E-state index is 0.435. The summed E-state index contributed by atoms with van der Waals surface area (Å²) in [5.74, 6) is 0.738. The van der Waals surface area contributed by atoms with Crippen LogP contribution in [0.2, 0.25) is 0 Å². The fourth-order valence-corrected chi connectivity index (χ4v) is 3.01. The van der Waals surface area contributed by atoms with Crippen molar-refractivity contribution in [2.75, 3.05) is 5.33 Å². The Morgan fingerprint density at radius 1 is 1.50 bits per heavy atom. The lowest BCUT2D eigenvalue weighted by Crippen LogP contribution is -2.25. The van der Waals surface area contributed by atoms with Crippen molar-refractivity contribution in [2.45, 2.75) is 33.6 Å². The molecule has 0 aliphatic heterocycles. The molecular weight excluding hydrogens is 256 g/mol. The van der Waals surface area contributed by atoms with Crippen molar-refractivity contribution in [2.24, 2.45) is 11.3 Å². The van der Waals surface area contributed by atoms with E-state index in [1.165, 1.54) is 17.7 Å². The second kappa shape index (κ2) is 5.32. The van der Waals surface area contributed by atoms with Gasteiger partial charge in [0.05, 0.1) is 0 Å². The van der Waals surface area contributed by atoms with Crippen LogP contribution in [0.5, 0.6) is 0 Å². The summed E-state index contributed by atoms with van der Waals surface area (Å²) in [6.07, 6.45) is 2.49. The van der Waals surface area contributed by atoms with Crippen LogP contribution in [0.25, 0.3) is 0 Å². The summed E-state index contributed by atoms with van der Waals surface area (Å²) < 4.78 is 0. The first-order valence-corrected chi connectivity index (χ1v) is 7.17. The van der Waals surface area contributed by atoms with Crippen molar-refractivity contribution < 1.29 is 0 Å². The van der Waals surface area contributed by atoms with Gasteiger partial charge in [-0.15, -0.1) is 11.3 Å². The van der Waals surface area contributed by atoms with E-state index in [0.717, 1.165) is 11.2 Å². The van der Waals surface area contributed by atoms with Crippen LogP contribution >= 0.6 is 27.3 Å². The number of thiophene rings is 1. The molecule has 0 radical (unpaired) electrons. The highest BCUT2D eigenvalue weighted by Crippen LogP contribution is 2.34. The minimum absolute atomic E-state index is 0.435. The predicted molar refractivity (Wildman–Crippen MR) is 69.4 cm³/mol. The number of aryl methyl sites for hydroxylation is 1. The standard InChI is InChI=1S/C12H19BrS/c1-10(2)12(3,9-13)7-6-11-5-4-8-14-11/h4-5,8,10H,6-7,9H2,1-3H3. The Morgan fingerprint density at radius 2 is 2.21 bits per heavy atom. The Kier molecular flexibility index (Phi) is 4.65. The normalized spacial score (nSPS) is 15.8. The zero-order valence-electron chi connectivity index (χ0n) is 9.22. The second-order valence-electron chi connectivity index (χ2n) is 4.52. The van der Waals surface area contributed by atoms with E-state index < -0.39 is 0 Å². The van der Waals surface area contributed by atoms with Gasteiger partial charge in [-0.2, -0.15) is 0 Å². The maximum atomic E-state index is 3.64. The van der Waals surface area contributed by atoms with Gasteiger partial charge >= 0.3 is 0 Å². The van der Waals surface area contributed by atoms with Crippen LogP contribution in [-0.2, 0) is 6.42 Å². The van der Waals surface area contributed by atoms with Gasteiger partial charge in [-0.3, -0.25) is 0 Å². The van der Waals surface area contributed by atoms with Crippen molar-refractivity contribution in [1.29, 1.82) is 0 Å². The maximum absolute atomic E-state index is 3.64. The van der Waals surface area contributed by atoms with Gasteiger partial charge in [0.25, 0.3) is 0 Å². The molecule has 14 heavy (non-hydrogen) atoms. The van der Waals surface area contributed by atoms with E-state index in [2.05, 4.69) is 54.2 Å². The third-order valence-electron chi connectivity index (χ3n) is 3.22. The number of halogens is 1. The number of rotatable bonds is 5. The van der Waals surface area contributed by atoms with Crippen LogP contribution in [-0.4, -0.2) is 5.33 Å². The average Bonchev–Trinajstić information content (AvgIpc) is 2.66. The molecular formula is C12H19BrS. The lowest BCUT2D eigenvalue weighted by atomic mass is 9.77. The third-order valence-corrected chi connectivity index (χ3v) is 5.44. The summed E-state index contributed by atoms with van der Waals surface area (Å²) in [6, 6.07) is 4.38. The Bertz CT molecular complexity index is 253. The second-order valence-corrected chi connectivity index (χ2v) is 6.11. The Balaban J connectivity index is 2.50. The van der Waals surface area contributed by atoms with Gasteiger partial charge in [-0.25, -0.2) is 0 Å². The molecule has 0 bridgehead atoms. The van der Waals surface area contributed by atoms with Crippen molar-refractivity contribution in [3.05, 3.63) is 22.4 Å². The summed E-state index contributed by atoms with van der Waals surface area (Å²) in [4.78, 5) is 1.51. The highest BCUT2D eigenvalue weighted by molar-refractivity contribution is 9.09. The van der Waals surface area contributed by atoms with Gasteiger partial charge < -0.3 is 0 Å². The van der Waals surface area contributed by atoms with Crippen LogP contribution in [0.15, 0.2) is 17.5 Å². The molecule has 0 amide bonds. The van der Waals surface area contributed by atoms with Crippen molar-refractivity contribution in [1.82, 2.24) is 0 Å². The molecule has 80 valence electrons. The SMILES string of the molecule is CC(C)C(C)(CBr)CCc1cccs1. The summed E-state index contributed by atoms with van der Waals surface area (Å²) in [7, 11) is 0. The molecule has 0 N–H and O–H groups in total. The third kappa shape index (κ3) is 3.09. The van der Waals surface area contributed by atoms with Crippen LogP contribution < -0.4 is 0 Å². The summed E-state index contributed by atoms with van der Waals surface area (Å²) >= 11 is 5.51. The lowest BCUT2D eigenvalue weighted by Gasteiger charge is -2.31. The smallest absolute Gasteiger partial charge is 0.00878 e. The molecule has 1 atom stereocenters. The highest BCUT2D eigenvalue weighted by Gasteiger charge is 2.26. The molecule has 0 fully saturated rings. The maximum Gasteiger partial charge on any atom is 0.00878 e. The van der Waals surface area contributed by atoms with Gasteiger partial charge in [0.2, 0.25) is 0 Å². The molecule has 0 saturated carbocycles. The van der Waals surface area contributed by atoms with Gasteiger partial charge in [0.15, 0.2) is 0 Å². The quantitative estimate of drug-likeness (QED) is 0.681. The van der Waals surface area contributed by atoms with E-state index >= 15 is 0 Å². The fraction of sp³-hybridized carbons (Fsp3) is 0.667. The molecule has 0 spiro atoms. The predicted octanol–water partition coefficient (Wildman–Crippen LogP) is 4.74. The van der Waals surface area contributed by atoms with Gasteiger partial charge in [0, 0.05) is 10.2 Å². The average molecular weight is 275 g/mol. The van der Waals surface area contributed by atoms with Crippen molar-refractivity contribution >= 4 is 27.3 Å². The summed E-state index contributed by atoms with van der Waals surface area (Å²) in [6.45, 7) is 7.01. The van der Waals surface area contributed by atoms with Gasteiger partial charge in [-0.1, -0.05) is 42.8 Å². The van der Waals surface area contributed by atoms with Crippen LogP contribution in [0.1, 0.15) is 32.1 Å². The van der Waals surface area contributed by atoms with Crippen molar-refractivity contribution in [3.8, 4) is 0 Å². The fourth-order valence-electron chi connectivity index (χ4n) is 1.37. The number of alkyl halides is 1. The topological polar surface area (TPSA) is 0 Å².